The minimum atomic E-state index is 0.0729. The molecule has 0 atom stereocenters. The van der Waals surface area contributed by atoms with Crippen molar-refractivity contribution >= 4 is 34.1 Å². The average molecular weight is 473 g/mol. The zero-order valence-corrected chi connectivity index (χ0v) is 19.9. The Bertz CT molecular complexity index is 1290. The number of hydrogen-bond acceptors (Lipinski definition) is 4. The Balaban J connectivity index is 1.29. The lowest BCUT2D eigenvalue weighted by Crippen LogP contribution is -2.23. The monoisotopic (exact) mass is 472 g/mol. The van der Waals surface area contributed by atoms with Crippen LogP contribution in [0.25, 0.3) is 10.9 Å². The van der Waals surface area contributed by atoms with Crippen LogP contribution in [0.5, 0.6) is 0 Å². The topological polar surface area (TPSA) is 70.7 Å². The fourth-order valence-corrected chi connectivity index (χ4v) is 5.06. The third kappa shape index (κ3) is 5.31. The van der Waals surface area contributed by atoms with E-state index >= 15 is 0 Å². The molecule has 2 heterocycles. The quantitative estimate of drug-likeness (QED) is 0.284. The summed E-state index contributed by atoms with van der Waals surface area (Å²) in [4.78, 5) is 17.3. The third-order valence-electron chi connectivity index (χ3n) is 6.65. The summed E-state index contributed by atoms with van der Waals surface area (Å²) in [6.45, 7) is 0. The molecule has 0 radical (unpaired) electrons. The van der Waals surface area contributed by atoms with Gasteiger partial charge in [-0.05, 0) is 55.0 Å². The van der Waals surface area contributed by atoms with Crippen LogP contribution >= 0.6 is 11.6 Å². The molecule has 1 saturated carbocycles. The number of aromatic nitrogens is 3. The summed E-state index contributed by atoms with van der Waals surface area (Å²) in [6.07, 6.45) is 10.2. The van der Waals surface area contributed by atoms with Gasteiger partial charge in [0, 0.05) is 34.9 Å². The van der Waals surface area contributed by atoms with Crippen molar-refractivity contribution in [2.45, 2.75) is 57.4 Å². The number of ketones is 1. The summed E-state index contributed by atoms with van der Waals surface area (Å²) >= 11 is 6.05. The fourth-order valence-electron chi connectivity index (χ4n) is 4.87. The Labute approximate surface area is 205 Å². The second kappa shape index (κ2) is 10.4. The van der Waals surface area contributed by atoms with E-state index in [1.54, 1.807) is 12.1 Å². The number of anilines is 1. The molecule has 174 valence electrons. The maximum Gasteiger partial charge on any atom is 0.167 e. The van der Waals surface area contributed by atoms with E-state index in [1.807, 2.05) is 36.5 Å². The van der Waals surface area contributed by atoms with Gasteiger partial charge in [-0.25, -0.2) is 4.98 Å². The molecular formula is C28H29ClN4O. The van der Waals surface area contributed by atoms with Crippen molar-refractivity contribution in [3.63, 3.8) is 0 Å². The van der Waals surface area contributed by atoms with Crippen LogP contribution in [0.4, 0.5) is 5.82 Å². The molecule has 0 aliphatic heterocycles. The van der Waals surface area contributed by atoms with Crippen LogP contribution in [0.3, 0.4) is 0 Å². The summed E-state index contributed by atoms with van der Waals surface area (Å²) in [7, 11) is 0. The Hall–Kier alpha value is -3.18. The number of halogens is 1. The molecule has 1 aliphatic carbocycles. The van der Waals surface area contributed by atoms with Gasteiger partial charge < -0.3 is 5.32 Å². The Morgan fingerprint density at radius 2 is 1.82 bits per heavy atom. The number of aryl methyl sites for hydroxylation is 2. The lowest BCUT2D eigenvalue weighted by Gasteiger charge is -2.23. The van der Waals surface area contributed by atoms with Crippen LogP contribution in [0, 0.1) is 0 Å². The summed E-state index contributed by atoms with van der Waals surface area (Å²) in [5.74, 6) is 1.01. The van der Waals surface area contributed by atoms with Crippen molar-refractivity contribution in [1.82, 2.24) is 15.2 Å². The fraction of sp³-hybridized carbons (Fsp3) is 0.321. The second-order valence-corrected chi connectivity index (χ2v) is 9.60. The van der Waals surface area contributed by atoms with Gasteiger partial charge in [-0.3, -0.25) is 9.89 Å². The van der Waals surface area contributed by atoms with Crippen LogP contribution in [0.1, 0.15) is 59.3 Å². The molecule has 0 saturated heterocycles. The smallest absolute Gasteiger partial charge is 0.167 e. The van der Waals surface area contributed by atoms with E-state index in [2.05, 4.69) is 32.6 Å². The largest absolute Gasteiger partial charge is 0.367 e. The van der Waals surface area contributed by atoms with Gasteiger partial charge in [-0.15, -0.1) is 0 Å². The summed E-state index contributed by atoms with van der Waals surface area (Å²) < 4.78 is 0. The van der Waals surface area contributed by atoms with Gasteiger partial charge in [0.05, 0.1) is 10.9 Å². The second-order valence-electron chi connectivity index (χ2n) is 9.17. The maximum atomic E-state index is 12.7. The van der Waals surface area contributed by atoms with E-state index in [9.17, 15) is 4.79 Å². The number of fused-ring (bicyclic) bond motifs is 1. The van der Waals surface area contributed by atoms with Gasteiger partial charge in [-0.2, -0.15) is 5.10 Å². The maximum absolute atomic E-state index is 12.7. The summed E-state index contributed by atoms with van der Waals surface area (Å²) in [6, 6.07) is 17.9. The molecule has 1 fully saturated rings. The first-order chi connectivity index (χ1) is 16.7. The Morgan fingerprint density at radius 3 is 2.68 bits per heavy atom. The first kappa shape index (κ1) is 22.6. The van der Waals surface area contributed by atoms with Crippen LogP contribution in [0.15, 0.2) is 60.8 Å². The van der Waals surface area contributed by atoms with Crippen molar-refractivity contribution in [2.75, 3.05) is 5.32 Å². The van der Waals surface area contributed by atoms with Crippen LogP contribution in [-0.4, -0.2) is 27.0 Å². The minimum Gasteiger partial charge on any atom is -0.367 e. The Kier molecular flexibility index (Phi) is 6.91. The van der Waals surface area contributed by atoms with Gasteiger partial charge in [0.2, 0.25) is 0 Å². The molecule has 2 aromatic carbocycles. The molecular weight excluding hydrogens is 444 g/mol. The number of benzene rings is 2. The molecule has 34 heavy (non-hydrogen) atoms. The highest BCUT2D eigenvalue weighted by atomic mass is 35.5. The number of rotatable bonds is 8. The highest BCUT2D eigenvalue weighted by Crippen LogP contribution is 2.28. The molecule has 6 heteroatoms. The van der Waals surface area contributed by atoms with Crippen molar-refractivity contribution < 1.29 is 4.79 Å². The third-order valence-corrected chi connectivity index (χ3v) is 6.89. The van der Waals surface area contributed by atoms with E-state index < -0.39 is 0 Å². The molecule has 1 aliphatic rings. The minimum absolute atomic E-state index is 0.0729. The van der Waals surface area contributed by atoms with Crippen molar-refractivity contribution in [3.8, 4) is 0 Å². The number of nitrogens with one attached hydrogen (secondary N) is 2. The predicted octanol–water partition coefficient (Wildman–Crippen LogP) is 6.57. The van der Waals surface area contributed by atoms with Crippen LogP contribution < -0.4 is 5.32 Å². The van der Waals surface area contributed by atoms with Gasteiger partial charge in [0.25, 0.3) is 0 Å². The van der Waals surface area contributed by atoms with Crippen LogP contribution in [0.2, 0.25) is 5.02 Å². The number of carbonyl (C=O) groups is 1. The number of Topliss-reactive ketones (excluding diaryl/α,β-unsaturated/α-hetero) is 1. The van der Waals surface area contributed by atoms with E-state index in [0.717, 1.165) is 40.8 Å². The van der Waals surface area contributed by atoms with E-state index in [0.29, 0.717) is 23.0 Å². The molecule has 0 amide bonds. The van der Waals surface area contributed by atoms with Crippen molar-refractivity contribution in [2.24, 2.45) is 0 Å². The first-order valence-electron chi connectivity index (χ1n) is 12.1. The van der Waals surface area contributed by atoms with Crippen molar-refractivity contribution in [1.29, 1.82) is 0 Å². The summed E-state index contributed by atoms with van der Waals surface area (Å²) in [5, 5.41) is 13.1. The highest BCUT2D eigenvalue weighted by molar-refractivity contribution is 6.31. The zero-order valence-electron chi connectivity index (χ0n) is 19.2. The summed E-state index contributed by atoms with van der Waals surface area (Å²) in [5.41, 5.74) is 4.90. The lowest BCUT2D eigenvalue weighted by atomic mass is 9.95. The zero-order chi connectivity index (χ0) is 23.3. The molecule has 2 N–H and O–H groups in total. The number of hydrogen-bond donors (Lipinski definition) is 2. The molecule has 0 bridgehead atoms. The average Bonchev–Trinajstić information content (AvgIpc) is 3.28. The van der Waals surface area contributed by atoms with Crippen molar-refractivity contribution in [3.05, 3.63) is 88.2 Å². The standard InChI is InChI=1S/C28H29ClN4O/c29-22-9-5-8-21(18-22)26(34)17-20-7-4-6-19(16-20)12-13-24-27-25(33-32-24)14-15-30-28(27)31-23-10-2-1-3-11-23/h4-9,14-16,18,23H,1-3,10-13,17H2,(H,30,31)(H,32,33). The molecule has 2 aromatic heterocycles. The number of aromatic amines is 1. The van der Waals surface area contributed by atoms with Gasteiger partial charge >= 0.3 is 0 Å². The molecule has 4 aromatic rings. The number of carbonyl (C=O) groups excluding carboxylic acids is 1. The van der Waals surface area contributed by atoms with Gasteiger partial charge in [0.1, 0.15) is 5.82 Å². The predicted molar refractivity (Wildman–Crippen MR) is 138 cm³/mol. The molecule has 0 spiro atoms. The molecule has 5 nitrogen and oxygen atoms in total. The highest BCUT2D eigenvalue weighted by Gasteiger charge is 2.17. The van der Waals surface area contributed by atoms with E-state index in [-0.39, 0.29) is 5.78 Å². The number of H-pyrrole nitrogens is 1. The normalized spacial score (nSPS) is 14.4. The van der Waals surface area contributed by atoms with Crippen LogP contribution in [-0.2, 0) is 19.3 Å². The van der Waals surface area contributed by atoms with Gasteiger partial charge in [-0.1, -0.05) is 67.3 Å². The number of pyridine rings is 1. The van der Waals surface area contributed by atoms with E-state index in [1.165, 1.54) is 37.7 Å². The van der Waals surface area contributed by atoms with E-state index in [4.69, 9.17) is 11.6 Å². The van der Waals surface area contributed by atoms with Gasteiger partial charge in [0.15, 0.2) is 5.78 Å². The molecule has 0 unspecified atom stereocenters. The molecule has 5 rings (SSSR count). The first-order valence-corrected chi connectivity index (χ1v) is 12.5. The Morgan fingerprint density at radius 1 is 1.00 bits per heavy atom. The lowest BCUT2D eigenvalue weighted by molar-refractivity contribution is 0.0993. The SMILES string of the molecule is O=C(Cc1cccc(CCc2[nH]nc3ccnc(NC4CCCCC4)c23)c1)c1cccc(Cl)c1. The number of nitrogens with zero attached hydrogens (tertiary/aromatic N) is 2.